The fourth-order valence-corrected chi connectivity index (χ4v) is 3.39. The number of aromatic hydroxyl groups is 2. The van der Waals surface area contributed by atoms with E-state index in [1.807, 2.05) is 13.8 Å². The van der Waals surface area contributed by atoms with Crippen LogP contribution in [-0.2, 0) is 6.42 Å². The van der Waals surface area contributed by atoms with Gasteiger partial charge in [0.05, 0.1) is 5.60 Å². The predicted molar refractivity (Wildman–Crippen MR) is 115 cm³/mol. The molecule has 0 amide bonds. The van der Waals surface area contributed by atoms with Crippen molar-refractivity contribution < 1.29 is 24.8 Å². The number of hydrogen-bond donors (Lipinski definition) is 4. The molecule has 0 fully saturated rings. The molecule has 0 unspecified atom stereocenters. The van der Waals surface area contributed by atoms with Crippen LogP contribution in [0, 0.1) is 0 Å². The Morgan fingerprint density at radius 3 is 2.37 bits per heavy atom. The summed E-state index contributed by atoms with van der Waals surface area (Å²) in [4.78, 5) is 25.5. The molecule has 2 aromatic carbocycles. The van der Waals surface area contributed by atoms with Crippen LogP contribution < -0.4 is 16.1 Å². The molecular formula is C23H24O7. The zero-order valence-electron chi connectivity index (χ0n) is 17.2. The van der Waals surface area contributed by atoms with Gasteiger partial charge in [0.1, 0.15) is 38.8 Å². The number of fused-ring (bicyclic) bond motifs is 2. The van der Waals surface area contributed by atoms with Crippen LogP contribution in [0.15, 0.2) is 43.9 Å². The molecule has 1 aromatic heterocycles. The first-order chi connectivity index (χ1) is 13.9. The molecule has 0 saturated carbocycles. The summed E-state index contributed by atoms with van der Waals surface area (Å²) in [7, 11) is 0. The Kier molecular flexibility index (Phi) is 5.34. The molecule has 0 radical (unpaired) electrons. The molecular weight excluding hydrogens is 388 g/mol. The van der Waals surface area contributed by atoms with Crippen molar-refractivity contribution in [2.24, 2.45) is 0 Å². The first-order valence-electron chi connectivity index (χ1n) is 9.46. The number of aliphatic hydroxyl groups is 2. The van der Waals surface area contributed by atoms with Gasteiger partial charge in [-0.1, -0.05) is 17.7 Å². The molecule has 3 rings (SSSR count). The van der Waals surface area contributed by atoms with Gasteiger partial charge in [0.15, 0.2) is 16.4 Å². The van der Waals surface area contributed by atoms with Gasteiger partial charge in [0.2, 0.25) is 0 Å². The molecule has 1 heterocycles. The van der Waals surface area contributed by atoms with E-state index in [2.05, 4.69) is 0 Å². The molecule has 7 heteroatoms. The first-order valence-corrected chi connectivity index (χ1v) is 9.46. The highest BCUT2D eigenvalue weighted by atomic mass is 16.3. The summed E-state index contributed by atoms with van der Waals surface area (Å²) in [5, 5.41) is 41.8. The largest absolute Gasteiger partial charge is 0.511 e. The lowest BCUT2D eigenvalue weighted by Gasteiger charge is -2.17. The highest BCUT2D eigenvalue weighted by Gasteiger charge is 2.25. The Morgan fingerprint density at radius 2 is 1.77 bits per heavy atom. The summed E-state index contributed by atoms with van der Waals surface area (Å²) in [6, 6.07) is 4.11. The van der Waals surface area contributed by atoms with Crippen LogP contribution in [0.2, 0.25) is 0 Å². The van der Waals surface area contributed by atoms with Crippen molar-refractivity contribution in [3.8, 4) is 11.5 Å². The van der Waals surface area contributed by atoms with E-state index in [-0.39, 0.29) is 45.6 Å². The maximum atomic E-state index is 13.2. The van der Waals surface area contributed by atoms with Gasteiger partial charge >= 0.3 is 0 Å². The van der Waals surface area contributed by atoms with Gasteiger partial charge in [-0.2, -0.15) is 0 Å². The molecule has 158 valence electrons. The minimum atomic E-state index is -1.33. The SMILES string of the molecule is CC(C)=CCc1c(O)c2c(O)c3c(=O)cccc3oc2/c(=C(\O)CC(C)(C)O)c1=O. The molecule has 0 aliphatic rings. The molecule has 0 atom stereocenters. The molecule has 0 aliphatic heterocycles. The monoisotopic (exact) mass is 412 g/mol. The van der Waals surface area contributed by atoms with Crippen molar-refractivity contribution in [1.82, 2.24) is 0 Å². The number of phenolic OH excluding ortho intramolecular Hbond substituents is 1. The maximum absolute atomic E-state index is 13.2. The fourth-order valence-electron chi connectivity index (χ4n) is 3.39. The summed E-state index contributed by atoms with van der Waals surface area (Å²) in [6.45, 7) is 6.58. The van der Waals surface area contributed by atoms with Crippen LogP contribution in [-0.4, -0.2) is 26.0 Å². The van der Waals surface area contributed by atoms with Gasteiger partial charge in [0, 0.05) is 12.0 Å². The first kappa shape index (κ1) is 21.4. The second kappa shape index (κ2) is 7.50. The molecule has 0 spiro atoms. The highest BCUT2D eigenvalue weighted by molar-refractivity contribution is 6.02. The Balaban J connectivity index is 2.63. The molecule has 3 aromatic rings. The van der Waals surface area contributed by atoms with Crippen LogP contribution in [0.1, 0.15) is 39.7 Å². The quantitative estimate of drug-likeness (QED) is 0.383. The third-order valence-electron chi connectivity index (χ3n) is 4.75. The van der Waals surface area contributed by atoms with Crippen LogP contribution in [0.5, 0.6) is 11.5 Å². The lowest BCUT2D eigenvalue weighted by molar-refractivity contribution is 0.0796. The Morgan fingerprint density at radius 1 is 1.10 bits per heavy atom. The van der Waals surface area contributed by atoms with Crippen LogP contribution in [0.3, 0.4) is 0 Å². The van der Waals surface area contributed by atoms with E-state index in [1.54, 1.807) is 6.08 Å². The molecule has 0 bridgehead atoms. The van der Waals surface area contributed by atoms with Crippen LogP contribution >= 0.6 is 0 Å². The Hall–Kier alpha value is -3.32. The third kappa shape index (κ3) is 3.76. The third-order valence-corrected chi connectivity index (χ3v) is 4.75. The number of rotatable bonds is 4. The summed E-state index contributed by atoms with van der Waals surface area (Å²) in [6.07, 6.45) is 1.50. The van der Waals surface area contributed by atoms with Gasteiger partial charge in [-0.3, -0.25) is 9.59 Å². The van der Waals surface area contributed by atoms with Crippen molar-refractivity contribution in [3.63, 3.8) is 0 Å². The van der Waals surface area contributed by atoms with Gasteiger partial charge in [-0.15, -0.1) is 0 Å². The minimum absolute atomic E-state index is 0.000608. The summed E-state index contributed by atoms with van der Waals surface area (Å²) in [5.41, 5.74) is -1.94. The van der Waals surface area contributed by atoms with Gasteiger partial charge in [-0.25, -0.2) is 0 Å². The topological polar surface area (TPSA) is 128 Å². The normalized spacial score (nSPS) is 13.0. The van der Waals surface area contributed by atoms with E-state index in [9.17, 15) is 30.0 Å². The molecule has 30 heavy (non-hydrogen) atoms. The zero-order valence-corrected chi connectivity index (χ0v) is 17.2. The minimum Gasteiger partial charge on any atom is -0.511 e. The van der Waals surface area contributed by atoms with Gasteiger partial charge in [0.25, 0.3) is 0 Å². The number of phenols is 1. The lowest BCUT2D eigenvalue weighted by Crippen LogP contribution is -2.33. The Bertz CT molecular complexity index is 1350. The lowest BCUT2D eigenvalue weighted by atomic mass is 9.97. The maximum Gasteiger partial charge on any atom is 0.200 e. The second-order valence-electron chi connectivity index (χ2n) is 8.24. The van der Waals surface area contributed by atoms with E-state index in [0.717, 1.165) is 5.57 Å². The fraction of sp³-hybridized carbons (Fsp3) is 0.304. The number of aliphatic hydroxyl groups excluding tert-OH is 1. The van der Waals surface area contributed by atoms with E-state index in [1.165, 1.54) is 32.0 Å². The summed E-state index contributed by atoms with van der Waals surface area (Å²) in [5.74, 6) is -1.50. The van der Waals surface area contributed by atoms with Crippen LogP contribution in [0.4, 0.5) is 0 Å². The Labute approximate surface area is 171 Å². The van der Waals surface area contributed by atoms with E-state index in [4.69, 9.17) is 4.42 Å². The second-order valence-corrected chi connectivity index (χ2v) is 8.24. The van der Waals surface area contributed by atoms with E-state index >= 15 is 0 Å². The van der Waals surface area contributed by atoms with Crippen molar-refractivity contribution in [3.05, 3.63) is 61.1 Å². The van der Waals surface area contributed by atoms with Crippen molar-refractivity contribution >= 4 is 27.7 Å². The van der Waals surface area contributed by atoms with Crippen molar-refractivity contribution in [2.45, 2.75) is 46.1 Å². The van der Waals surface area contributed by atoms with Gasteiger partial charge < -0.3 is 24.8 Å². The van der Waals surface area contributed by atoms with E-state index < -0.39 is 33.7 Å². The van der Waals surface area contributed by atoms with E-state index in [0.29, 0.717) is 0 Å². The van der Waals surface area contributed by atoms with Crippen molar-refractivity contribution in [1.29, 1.82) is 0 Å². The average molecular weight is 412 g/mol. The summed E-state index contributed by atoms with van der Waals surface area (Å²) < 4.78 is 5.72. The number of benzene rings is 2. The standard InChI is InChI=1S/C23H24O7/c1-11(2)8-9-12-19(26)17(14(25)10-23(3,4)29)22-18(20(12)27)21(28)16-13(24)6-5-7-15(16)30-22/h5-8,25,27-29H,9-10H2,1-4H3/b17-14-. The predicted octanol–water partition coefficient (Wildman–Crippen LogP) is 2.77. The number of allylic oxidation sites excluding steroid dienone is 2. The molecule has 4 N–H and O–H groups in total. The molecule has 7 nitrogen and oxygen atoms in total. The summed E-state index contributed by atoms with van der Waals surface area (Å²) >= 11 is 0. The molecule has 0 saturated heterocycles. The smallest absolute Gasteiger partial charge is 0.200 e. The van der Waals surface area contributed by atoms with Crippen molar-refractivity contribution in [2.75, 3.05) is 0 Å². The average Bonchev–Trinajstić information content (AvgIpc) is 2.59. The highest BCUT2D eigenvalue weighted by Crippen LogP contribution is 2.37. The van der Waals surface area contributed by atoms with Crippen LogP contribution in [0.25, 0.3) is 27.7 Å². The van der Waals surface area contributed by atoms with Gasteiger partial charge in [-0.05, 0) is 46.2 Å². The molecule has 0 aliphatic carbocycles. The number of hydrogen-bond acceptors (Lipinski definition) is 7. The zero-order chi connectivity index (χ0) is 22.4.